The number of phenols is 3. The molecule has 7 rings (SSSR count). The second-order valence-electron chi connectivity index (χ2n) is 17.9. The van der Waals surface area contributed by atoms with Gasteiger partial charge in [-0.25, -0.2) is 0 Å². The molecular formula is C47H64N4O13. The number of rotatable bonds is 5. The zero-order chi connectivity index (χ0) is 46.9. The van der Waals surface area contributed by atoms with Crippen molar-refractivity contribution in [1.29, 1.82) is 0 Å². The molecule has 11 atom stereocenters. The van der Waals surface area contributed by atoms with E-state index in [1.165, 1.54) is 59.4 Å². The van der Waals surface area contributed by atoms with E-state index in [1.807, 2.05) is 0 Å². The Balaban J connectivity index is 1.47. The van der Waals surface area contributed by atoms with E-state index in [-0.39, 0.29) is 56.6 Å². The lowest BCUT2D eigenvalue weighted by Gasteiger charge is -2.38. The number of hydrogen-bond donors (Lipinski definition) is 7. The molecule has 1 saturated carbocycles. The number of methoxy groups -OCH3 is 1. The van der Waals surface area contributed by atoms with Crippen LogP contribution in [-0.4, -0.2) is 140 Å². The molecular weight excluding hydrogens is 829 g/mol. The summed E-state index contributed by atoms with van der Waals surface area (Å²) in [6.07, 6.45) is 7.05. The largest absolute Gasteiger partial charge is 0.507 e. The fraction of sp³-hybridized carbons (Fsp3) is 0.574. The highest BCUT2D eigenvalue weighted by Gasteiger charge is 2.50. The molecule has 0 radical (unpaired) electrons. The summed E-state index contributed by atoms with van der Waals surface area (Å²) in [5.41, 5.74) is -0.432. The number of aliphatic hydroxyl groups excluding tert-OH is 3. The van der Waals surface area contributed by atoms with Crippen LogP contribution in [0.4, 0.5) is 5.69 Å². The first-order valence-electron chi connectivity index (χ1n) is 22.0. The van der Waals surface area contributed by atoms with Crippen molar-refractivity contribution in [2.45, 2.75) is 117 Å². The molecule has 5 aliphatic rings. The van der Waals surface area contributed by atoms with Crippen molar-refractivity contribution in [3.63, 3.8) is 0 Å². The molecule has 2 aromatic rings. The van der Waals surface area contributed by atoms with E-state index in [4.69, 9.17) is 18.9 Å². The van der Waals surface area contributed by atoms with Crippen LogP contribution in [0, 0.1) is 30.6 Å². The number of anilines is 1. The van der Waals surface area contributed by atoms with Crippen LogP contribution in [-0.2, 0) is 23.8 Å². The fourth-order valence-electron chi connectivity index (χ4n) is 9.52. The highest BCUT2D eigenvalue weighted by molar-refractivity contribution is 6.23. The van der Waals surface area contributed by atoms with Crippen LogP contribution in [0.15, 0.2) is 41.2 Å². The number of amides is 1. The van der Waals surface area contributed by atoms with Crippen molar-refractivity contribution in [3.05, 3.63) is 52.8 Å². The van der Waals surface area contributed by atoms with Crippen molar-refractivity contribution < 1.29 is 64.0 Å². The molecule has 4 aliphatic heterocycles. The Morgan fingerprint density at radius 3 is 2.23 bits per heavy atom. The van der Waals surface area contributed by atoms with Crippen LogP contribution in [0.3, 0.4) is 0 Å². The van der Waals surface area contributed by atoms with Gasteiger partial charge in [-0.15, -0.1) is 0 Å². The maximum Gasteiger partial charge on any atom is 0.312 e. The van der Waals surface area contributed by atoms with E-state index >= 15 is 0 Å². The minimum atomic E-state index is -2.06. The SMILES string of the molecule is CO[C@H]1/C=C/O[C@@]2(C)Oc3c(C)c(O)c4c(O)c(c(/C=N/N5CCN(C6CCCC6O)CC5)c(O)c4c3C2=O)NC(=O)/C(C)=C\C=C\[C@H](C)[C@H](O)[C@@H](C)[C@@H](O)[C@@H](C)[C@H](OC(C)=O)[C@@H]1C. The standard InChI is InChI=1S/C47H64N4O13/c1-23-12-10-13-24(2)46(60)49-37-30(22-48-51-19-17-50(18-20-51)31-14-11-15-32(31)53)41(57)34-35(42(37)58)40(56)28(6)44-36(34)45(59)47(8,64-44)62-21-16-33(61-9)25(3)43(63-29(7)52)27(5)39(55)26(4)38(23)54/h10,12-13,16,21-23,25-27,31-33,38-39,43,53-58H,11,14-15,17-20H2,1-9H3,(H,49,60)/b12-10+,21-16+,24-13-,48-22+/t23-,25+,26+,27+,31?,32?,33-,38-,39+,43+,47-/m0/s1. The number of hydrazone groups is 1. The number of ketones is 1. The molecule has 2 aromatic carbocycles. The molecule has 64 heavy (non-hydrogen) atoms. The minimum absolute atomic E-state index is 0.0447. The monoisotopic (exact) mass is 892 g/mol. The van der Waals surface area contributed by atoms with Crippen LogP contribution >= 0.6 is 0 Å². The van der Waals surface area contributed by atoms with Crippen LogP contribution in [0.25, 0.3) is 10.8 Å². The summed E-state index contributed by atoms with van der Waals surface area (Å²) in [5.74, 6) is -8.50. The first-order valence-corrected chi connectivity index (χ1v) is 22.0. The number of piperazine rings is 1. The van der Waals surface area contributed by atoms with Gasteiger partial charge < -0.3 is 54.9 Å². The van der Waals surface area contributed by atoms with Crippen LogP contribution in [0.1, 0.15) is 89.2 Å². The summed E-state index contributed by atoms with van der Waals surface area (Å²) < 4.78 is 23.7. The van der Waals surface area contributed by atoms with Crippen molar-refractivity contribution in [2.24, 2.45) is 28.8 Å². The second-order valence-corrected chi connectivity index (χ2v) is 17.9. The Morgan fingerprint density at radius 1 is 0.922 bits per heavy atom. The Labute approximate surface area is 373 Å². The highest BCUT2D eigenvalue weighted by atomic mass is 16.7. The smallest absolute Gasteiger partial charge is 0.312 e. The molecule has 5 bridgehead atoms. The van der Waals surface area contributed by atoms with Gasteiger partial charge >= 0.3 is 11.8 Å². The molecule has 17 heteroatoms. The van der Waals surface area contributed by atoms with Crippen molar-refractivity contribution >= 4 is 40.3 Å². The summed E-state index contributed by atoms with van der Waals surface area (Å²) in [7, 11) is 1.43. The first-order chi connectivity index (χ1) is 30.2. The van der Waals surface area contributed by atoms with Gasteiger partial charge in [-0.3, -0.25) is 24.3 Å². The molecule has 2 fully saturated rings. The van der Waals surface area contributed by atoms with Gasteiger partial charge in [-0.1, -0.05) is 45.9 Å². The predicted molar refractivity (Wildman–Crippen MR) is 238 cm³/mol. The number of hydrogen-bond acceptors (Lipinski definition) is 16. The number of aliphatic hydroxyl groups is 3. The first kappa shape index (κ1) is 48.3. The summed E-state index contributed by atoms with van der Waals surface area (Å²) in [6, 6.07) is 0.0766. The lowest BCUT2D eigenvalue weighted by molar-refractivity contribution is -0.160. The predicted octanol–water partition coefficient (Wildman–Crippen LogP) is 4.62. The molecule has 1 saturated heterocycles. The van der Waals surface area contributed by atoms with Gasteiger partial charge in [-0.05, 0) is 39.2 Å². The third-order valence-electron chi connectivity index (χ3n) is 13.6. The Bertz CT molecular complexity index is 2230. The van der Waals surface area contributed by atoms with Crippen LogP contribution in [0.2, 0.25) is 0 Å². The summed E-state index contributed by atoms with van der Waals surface area (Å²) in [4.78, 5) is 43.0. The second kappa shape index (κ2) is 19.5. The fourth-order valence-corrected chi connectivity index (χ4v) is 9.52. The Morgan fingerprint density at radius 2 is 1.61 bits per heavy atom. The summed E-state index contributed by atoms with van der Waals surface area (Å²) in [6.45, 7) is 14.7. The van der Waals surface area contributed by atoms with Crippen molar-refractivity contribution in [1.82, 2.24) is 9.91 Å². The number of carbonyl (C=O) groups excluding carboxylic acids is 3. The van der Waals surface area contributed by atoms with Crippen LogP contribution in [0.5, 0.6) is 23.0 Å². The molecule has 0 aromatic heterocycles. The lowest BCUT2D eigenvalue weighted by Crippen LogP contribution is -2.50. The van der Waals surface area contributed by atoms with E-state index in [9.17, 15) is 45.0 Å². The maximum atomic E-state index is 14.5. The number of fused-ring (bicyclic) bond motifs is 14. The molecule has 4 heterocycles. The Hall–Kier alpha value is -5.20. The van der Waals surface area contributed by atoms with Gasteiger partial charge in [0.25, 0.3) is 11.7 Å². The number of nitrogens with one attached hydrogen (secondary N) is 1. The van der Waals surface area contributed by atoms with Crippen molar-refractivity contribution in [2.75, 3.05) is 38.6 Å². The topological polar surface area (TPSA) is 240 Å². The number of ether oxygens (including phenoxy) is 4. The van der Waals surface area contributed by atoms with Gasteiger partial charge in [-0.2, -0.15) is 5.10 Å². The third kappa shape index (κ3) is 9.31. The number of carbonyl (C=O) groups is 3. The molecule has 7 N–H and O–H groups in total. The molecule has 1 amide bonds. The van der Waals surface area contributed by atoms with Gasteiger partial charge in [0.15, 0.2) is 5.75 Å². The quantitative estimate of drug-likeness (QED) is 0.0938. The number of phenolic OH excluding ortho intramolecular Hbond substituents is 3. The number of nitrogens with zero attached hydrogens (tertiary/aromatic N) is 3. The van der Waals surface area contributed by atoms with Crippen LogP contribution < -0.4 is 10.1 Å². The number of aromatic hydroxyl groups is 3. The number of Topliss-reactive ketones (excluding diaryl/α,β-unsaturated/α-hetero) is 1. The van der Waals surface area contributed by atoms with Gasteiger partial charge in [0.05, 0.1) is 59.1 Å². The maximum absolute atomic E-state index is 14.5. The average molecular weight is 893 g/mol. The average Bonchev–Trinajstić information content (AvgIpc) is 3.81. The number of esters is 1. The van der Waals surface area contributed by atoms with E-state index in [2.05, 4.69) is 15.3 Å². The molecule has 1 aliphatic carbocycles. The third-order valence-corrected chi connectivity index (χ3v) is 13.6. The molecule has 350 valence electrons. The Kier molecular flexibility index (Phi) is 14.7. The summed E-state index contributed by atoms with van der Waals surface area (Å²) in [5, 5.41) is 77.9. The number of benzene rings is 2. The van der Waals surface area contributed by atoms with E-state index < -0.39 is 88.8 Å². The highest BCUT2D eigenvalue weighted by Crippen LogP contribution is 2.55. The van der Waals surface area contributed by atoms with E-state index in [1.54, 1.807) is 44.9 Å². The summed E-state index contributed by atoms with van der Waals surface area (Å²) >= 11 is 0. The molecule has 2 unspecified atom stereocenters. The van der Waals surface area contributed by atoms with Gasteiger partial charge in [0.2, 0.25) is 0 Å². The van der Waals surface area contributed by atoms with E-state index in [0.717, 1.165) is 19.3 Å². The minimum Gasteiger partial charge on any atom is -0.507 e. The zero-order valence-electron chi connectivity index (χ0n) is 38.1. The molecule has 17 nitrogen and oxygen atoms in total. The van der Waals surface area contributed by atoms with Gasteiger partial charge in [0.1, 0.15) is 23.4 Å². The molecule has 0 spiro atoms. The lowest BCUT2D eigenvalue weighted by atomic mass is 9.78. The zero-order valence-corrected chi connectivity index (χ0v) is 38.1. The number of allylic oxidation sites excluding steroid dienone is 2. The van der Waals surface area contributed by atoms with Gasteiger partial charge in [0, 0.05) is 93.4 Å². The normalized spacial score (nSPS) is 34.1. The van der Waals surface area contributed by atoms with Crippen molar-refractivity contribution in [3.8, 4) is 23.0 Å². The van der Waals surface area contributed by atoms with E-state index in [0.29, 0.717) is 26.2 Å².